The number of hydrogen-bond acceptors (Lipinski definition) is 5. The fourth-order valence-electron chi connectivity index (χ4n) is 2.35. The Hall–Kier alpha value is -1.85. The van der Waals surface area contributed by atoms with Gasteiger partial charge in [-0.15, -0.1) is 0 Å². The number of amides is 1. The predicted octanol–water partition coefficient (Wildman–Crippen LogP) is 0.965. The van der Waals surface area contributed by atoms with Gasteiger partial charge in [-0.2, -0.15) is 4.98 Å². The molecule has 6 heteroatoms. The van der Waals surface area contributed by atoms with Crippen molar-refractivity contribution in [2.24, 2.45) is 11.7 Å². The highest BCUT2D eigenvalue weighted by Crippen LogP contribution is 2.26. The van der Waals surface area contributed by atoms with Gasteiger partial charge in [0.25, 0.3) is 0 Å². The molecule has 0 radical (unpaired) electrons. The maximum atomic E-state index is 11.3. The summed E-state index contributed by atoms with van der Waals surface area (Å²) < 4.78 is 5.35. The SMILES string of the molecule is CCOc1cncc(N2C[C@H](C(N)=O)CC[C@@H]2C)n1. The number of rotatable bonds is 4. The summed E-state index contributed by atoms with van der Waals surface area (Å²) in [5.74, 6) is 0.886. The molecule has 104 valence electrons. The molecular weight excluding hydrogens is 244 g/mol. The summed E-state index contributed by atoms with van der Waals surface area (Å²) >= 11 is 0. The zero-order valence-electron chi connectivity index (χ0n) is 11.4. The highest BCUT2D eigenvalue weighted by atomic mass is 16.5. The van der Waals surface area contributed by atoms with E-state index in [1.807, 2.05) is 6.92 Å². The second kappa shape index (κ2) is 5.86. The number of carbonyl (C=O) groups excluding carboxylic acids is 1. The van der Waals surface area contributed by atoms with Crippen molar-refractivity contribution in [1.29, 1.82) is 0 Å². The third-order valence-corrected chi connectivity index (χ3v) is 3.47. The Labute approximate surface area is 113 Å². The summed E-state index contributed by atoms with van der Waals surface area (Å²) in [5.41, 5.74) is 5.40. The van der Waals surface area contributed by atoms with Crippen molar-refractivity contribution in [1.82, 2.24) is 9.97 Å². The quantitative estimate of drug-likeness (QED) is 0.876. The second-order valence-electron chi connectivity index (χ2n) is 4.83. The number of hydrogen-bond donors (Lipinski definition) is 1. The number of anilines is 1. The van der Waals surface area contributed by atoms with Crippen LogP contribution in [0.5, 0.6) is 5.88 Å². The topological polar surface area (TPSA) is 81.3 Å². The van der Waals surface area contributed by atoms with Crippen LogP contribution in [0, 0.1) is 5.92 Å². The van der Waals surface area contributed by atoms with Crippen LogP contribution in [0.1, 0.15) is 26.7 Å². The Kier molecular flexibility index (Phi) is 4.19. The lowest BCUT2D eigenvalue weighted by atomic mass is 9.93. The largest absolute Gasteiger partial charge is 0.477 e. The molecule has 1 aromatic heterocycles. The standard InChI is InChI=1S/C13H20N4O2/c1-3-19-12-7-15-6-11(16-12)17-8-10(13(14)18)5-4-9(17)2/h6-7,9-10H,3-5,8H2,1-2H3,(H2,14,18)/t9-,10+/m0/s1. The van der Waals surface area contributed by atoms with Crippen LogP contribution in [0.2, 0.25) is 0 Å². The Morgan fingerprint density at radius 3 is 3.00 bits per heavy atom. The van der Waals surface area contributed by atoms with Crippen LogP contribution >= 0.6 is 0 Å². The predicted molar refractivity (Wildman–Crippen MR) is 71.9 cm³/mol. The fraction of sp³-hybridized carbons (Fsp3) is 0.615. The molecule has 1 aromatic rings. The van der Waals surface area contributed by atoms with Crippen LogP contribution < -0.4 is 15.4 Å². The number of primary amides is 1. The first-order valence-electron chi connectivity index (χ1n) is 6.62. The van der Waals surface area contributed by atoms with E-state index in [0.29, 0.717) is 25.1 Å². The van der Waals surface area contributed by atoms with Gasteiger partial charge in [0, 0.05) is 12.6 Å². The molecule has 0 spiro atoms. The molecule has 0 saturated carbocycles. The van der Waals surface area contributed by atoms with Crippen molar-refractivity contribution in [2.75, 3.05) is 18.1 Å². The number of piperidine rings is 1. The minimum atomic E-state index is -0.245. The van der Waals surface area contributed by atoms with Crippen LogP contribution in [-0.2, 0) is 4.79 Å². The lowest BCUT2D eigenvalue weighted by Crippen LogP contribution is -2.46. The van der Waals surface area contributed by atoms with Gasteiger partial charge in [0.1, 0.15) is 0 Å². The first-order valence-corrected chi connectivity index (χ1v) is 6.62. The number of aromatic nitrogens is 2. The molecule has 0 aromatic carbocycles. The Bertz CT molecular complexity index is 452. The van der Waals surface area contributed by atoms with Gasteiger partial charge in [0.05, 0.1) is 24.9 Å². The maximum absolute atomic E-state index is 11.3. The lowest BCUT2D eigenvalue weighted by Gasteiger charge is -2.37. The first kappa shape index (κ1) is 13.6. The van der Waals surface area contributed by atoms with Gasteiger partial charge in [0.2, 0.25) is 11.8 Å². The van der Waals surface area contributed by atoms with E-state index in [1.165, 1.54) is 0 Å². The van der Waals surface area contributed by atoms with E-state index in [4.69, 9.17) is 10.5 Å². The zero-order chi connectivity index (χ0) is 13.8. The molecule has 2 rings (SSSR count). The maximum Gasteiger partial charge on any atom is 0.234 e. The van der Waals surface area contributed by atoms with Crippen molar-refractivity contribution in [3.8, 4) is 5.88 Å². The van der Waals surface area contributed by atoms with Crippen molar-refractivity contribution >= 4 is 11.7 Å². The number of nitrogens with zero attached hydrogens (tertiary/aromatic N) is 3. The highest BCUT2D eigenvalue weighted by Gasteiger charge is 2.29. The molecule has 19 heavy (non-hydrogen) atoms. The van der Waals surface area contributed by atoms with Crippen molar-refractivity contribution in [3.63, 3.8) is 0 Å². The summed E-state index contributed by atoms with van der Waals surface area (Å²) in [5, 5.41) is 0. The number of carbonyl (C=O) groups is 1. The molecule has 1 fully saturated rings. The van der Waals surface area contributed by atoms with Crippen LogP contribution in [0.3, 0.4) is 0 Å². The summed E-state index contributed by atoms with van der Waals surface area (Å²) in [7, 11) is 0. The Morgan fingerprint density at radius 2 is 2.32 bits per heavy atom. The fourth-order valence-corrected chi connectivity index (χ4v) is 2.35. The van der Waals surface area contributed by atoms with Crippen LogP contribution in [0.4, 0.5) is 5.82 Å². The van der Waals surface area contributed by atoms with E-state index in [2.05, 4.69) is 21.8 Å². The molecule has 0 unspecified atom stereocenters. The average molecular weight is 264 g/mol. The lowest BCUT2D eigenvalue weighted by molar-refractivity contribution is -0.122. The van der Waals surface area contributed by atoms with E-state index in [0.717, 1.165) is 18.7 Å². The molecule has 2 N–H and O–H groups in total. The van der Waals surface area contributed by atoms with Crippen molar-refractivity contribution in [3.05, 3.63) is 12.4 Å². The van der Waals surface area contributed by atoms with Crippen molar-refractivity contribution in [2.45, 2.75) is 32.7 Å². The number of nitrogens with two attached hydrogens (primary N) is 1. The smallest absolute Gasteiger partial charge is 0.234 e. The minimum absolute atomic E-state index is 0.117. The molecule has 6 nitrogen and oxygen atoms in total. The molecule has 2 heterocycles. The molecule has 1 amide bonds. The van der Waals surface area contributed by atoms with Crippen LogP contribution in [-0.4, -0.2) is 35.1 Å². The van der Waals surface area contributed by atoms with Gasteiger partial charge in [-0.25, -0.2) is 0 Å². The average Bonchev–Trinajstić information content (AvgIpc) is 2.39. The normalized spacial score (nSPS) is 23.2. The molecule has 0 bridgehead atoms. The van der Waals surface area contributed by atoms with E-state index < -0.39 is 0 Å². The third-order valence-electron chi connectivity index (χ3n) is 3.47. The van der Waals surface area contributed by atoms with E-state index >= 15 is 0 Å². The minimum Gasteiger partial charge on any atom is -0.477 e. The first-order chi connectivity index (χ1) is 9.11. The number of ether oxygens (including phenoxy) is 1. The van der Waals surface area contributed by atoms with Crippen LogP contribution in [0.15, 0.2) is 12.4 Å². The zero-order valence-corrected chi connectivity index (χ0v) is 11.4. The summed E-state index contributed by atoms with van der Waals surface area (Å²) in [4.78, 5) is 22.0. The molecule has 1 aliphatic rings. The van der Waals surface area contributed by atoms with Crippen LogP contribution in [0.25, 0.3) is 0 Å². The molecular formula is C13H20N4O2. The van der Waals surface area contributed by atoms with E-state index in [1.54, 1.807) is 12.4 Å². The molecule has 0 aliphatic carbocycles. The van der Waals surface area contributed by atoms with E-state index in [9.17, 15) is 4.79 Å². The van der Waals surface area contributed by atoms with Gasteiger partial charge >= 0.3 is 0 Å². The monoisotopic (exact) mass is 264 g/mol. The van der Waals surface area contributed by atoms with Gasteiger partial charge in [-0.3, -0.25) is 9.78 Å². The van der Waals surface area contributed by atoms with Gasteiger partial charge < -0.3 is 15.4 Å². The van der Waals surface area contributed by atoms with Gasteiger partial charge in [-0.05, 0) is 26.7 Å². The molecule has 1 saturated heterocycles. The highest BCUT2D eigenvalue weighted by molar-refractivity contribution is 5.77. The summed E-state index contributed by atoms with van der Waals surface area (Å²) in [6.07, 6.45) is 5.05. The molecule has 2 atom stereocenters. The van der Waals surface area contributed by atoms with E-state index in [-0.39, 0.29) is 11.8 Å². The van der Waals surface area contributed by atoms with Gasteiger partial charge in [0.15, 0.2) is 5.82 Å². The Morgan fingerprint density at radius 1 is 1.53 bits per heavy atom. The van der Waals surface area contributed by atoms with Crippen molar-refractivity contribution < 1.29 is 9.53 Å². The summed E-state index contributed by atoms with van der Waals surface area (Å²) in [6, 6.07) is 0.321. The summed E-state index contributed by atoms with van der Waals surface area (Å²) in [6.45, 7) is 5.17. The molecule has 1 aliphatic heterocycles. The van der Waals surface area contributed by atoms with Gasteiger partial charge in [-0.1, -0.05) is 0 Å². The third kappa shape index (κ3) is 3.13. The second-order valence-corrected chi connectivity index (χ2v) is 4.83. The Balaban J connectivity index is 2.18.